The fraction of sp³-hybridized carbons (Fsp3) is 0.182. The summed E-state index contributed by atoms with van der Waals surface area (Å²) in [6, 6.07) is 13.5. The predicted molar refractivity (Wildman–Crippen MR) is 119 cm³/mol. The fourth-order valence-electron chi connectivity index (χ4n) is 2.72. The third-order valence-electron chi connectivity index (χ3n) is 4.35. The maximum Gasteiger partial charge on any atom is 0.293 e. The summed E-state index contributed by atoms with van der Waals surface area (Å²) in [6.45, 7) is 1.38. The molecule has 2 aromatic rings. The average Bonchev–Trinajstić information content (AvgIpc) is 3.01. The van der Waals surface area contributed by atoms with Gasteiger partial charge in [0.1, 0.15) is 5.75 Å². The van der Waals surface area contributed by atoms with Gasteiger partial charge in [0.25, 0.3) is 17.1 Å². The quantitative estimate of drug-likeness (QED) is 0.478. The van der Waals surface area contributed by atoms with Gasteiger partial charge in [0.2, 0.25) is 0 Å². The Hall–Kier alpha value is -3.10. The molecule has 1 aliphatic heterocycles. The SMILES string of the molecule is CC(=O)c1ccc(OCC(=O)NCCN2C(=O)S/C(=C\c3ccccc3Cl)C2=O)cc1. The van der Waals surface area contributed by atoms with E-state index in [4.69, 9.17) is 16.3 Å². The van der Waals surface area contributed by atoms with Crippen molar-refractivity contribution in [3.8, 4) is 5.75 Å². The third-order valence-corrected chi connectivity index (χ3v) is 5.61. The second kappa shape index (κ2) is 10.3. The first-order valence-electron chi connectivity index (χ1n) is 9.35. The molecule has 31 heavy (non-hydrogen) atoms. The smallest absolute Gasteiger partial charge is 0.293 e. The van der Waals surface area contributed by atoms with Crippen LogP contribution in [0.25, 0.3) is 6.08 Å². The summed E-state index contributed by atoms with van der Waals surface area (Å²) in [5.74, 6) is -0.422. The topological polar surface area (TPSA) is 92.8 Å². The summed E-state index contributed by atoms with van der Waals surface area (Å²) in [7, 11) is 0. The maximum absolute atomic E-state index is 12.5. The number of nitrogens with one attached hydrogen (secondary N) is 1. The molecule has 0 radical (unpaired) electrons. The van der Waals surface area contributed by atoms with Crippen LogP contribution in [0.15, 0.2) is 53.4 Å². The van der Waals surface area contributed by atoms with Crippen molar-refractivity contribution >= 4 is 52.3 Å². The van der Waals surface area contributed by atoms with Crippen LogP contribution in [0.4, 0.5) is 4.79 Å². The zero-order chi connectivity index (χ0) is 22.4. The predicted octanol–water partition coefficient (Wildman–Crippen LogP) is 3.77. The molecule has 1 aliphatic rings. The number of benzene rings is 2. The van der Waals surface area contributed by atoms with Gasteiger partial charge in [-0.25, -0.2) is 0 Å². The summed E-state index contributed by atoms with van der Waals surface area (Å²) in [6.07, 6.45) is 1.58. The highest BCUT2D eigenvalue weighted by Gasteiger charge is 2.34. The Bertz CT molecular complexity index is 1050. The van der Waals surface area contributed by atoms with Crippen molar-refractivity contribution < 1.29 is 23.9 Å². The number of imide groups is 1. The minimum Gasteiger partial charge on any atom is -0.484 e. The number of Topliss-reactive ketones (excluding diaryl/α,β-unsaturated/α-hetero) is 1. The molecule has 2 aromatic carbocycles. The van der Waals surface area contributed by atoms with E-state index in [1.54, 1.807) is 54.6 Å². The Balaban J connectivity index is 1.47. The molecule has 1 N–H and O–H groups in total. The first kappa shape index (κ1) is 22.6. The van der Waals surface area contributed by atoms with E-state index in [0.29, 0.717) is 21.9 Å². The molecule has 9 heteroatoms. The Morgan fingerprint density at radius 2 is 1.84 bits per heavy atom. The van der Waals surface area contributed by atoms with Crippen molar-refractivity contribution in [2.75, 3.05) is 19.7 Å². The zero-order valence-electron chi connectivity index (χ0n) is 16.6. The summed E-state index contributed by atoms with van der Waals surface area (Å²) >= 11 is 6.93. The maximum atomic E-state index is 12.5. The van der Waals surface area contributed by atoms with Gasteiger partial charge in [-0.05, 0) is 60.7 Å². The molecule has 0 aliphatic carbocycles. The molecule has 1 fully saturated rings. The van der Waals surface area contributed by atoms with Crippen molar-refractivity contribution in [2.45, 2.75) is 6.92 Å². The van der Waals surface area contributed by atoms with Crippen molar-refractivity contribution in [3.63, 3.8) is 0 Å². The lowest BCUT2D eigenvalue weighted by atomic mass is 10.1. The molecule has 0 spiro atoms. The van der Waals surface area contributed by atoms with Gasteiger partial charge in [0.05, 0.1) is 4.91 Å². The van der Waals surface area contributed by atoms with Crippen molar-refractivity contribution in [3.05, 3.63) is 69.6 Å². The summed E-state index contributed by atoms with van der Waals surface area (Å²) in [5, 5.41) is 2.69. The van der Waals surface area contributed by atoms with Crippen LogP contribution in [-0.2, 0) is 9.59 Å². The van der Waals surface area contributed by atoms with Crippen LogP contribution in [-0.4, -0.2) is 47.4 Å². The molecule has 1 saturated heterocycles. The van der Waals surface area contributed by atoms with Gasteiger partial charge < -0.3 is 10.1 Å². The minimum absolute atomic E-state index is 0.0452. The Kier molecular flexibility index (Phi) is 7.49. The summed E-state index contributed by atoms with van der Waals surface area (Å²) in [5.41, 5.74) is 1.20. The number of hydrogen-bond donors (Lipinski definition) is 1. The molecule has 0 unspecified atom stereocenters. The van der Waals surface area contributed by atoms with Crippen molar-refractivity contribution in [1.82, 2.24) is 10.2 Å². The summed E-state index contributed by atoms with van der Waals surface area (Å²) < 4.78 is 5.37. The molecular weight excluding hydrogens is 440 g/mol. The molecule has 0 atom stereocenters. The van der Waals surface area contributed by atoms with Gasteiger partial charge in [-0.15, -0.1) is 0 Å². The van der Waals surface area contributed by atoms with Crippen LogP contribution < -0.4 is 10.1 Å². The number of carbonyl (C=O) groups excluding carboxylic acids is 4. The number of carbonyl (C=O) groups is 4. The van der Waals surface area contributed by atoms with E-state index in [2.05, 4.69) is 5.32 Å². The highest BCUT2D eigenvalue weighted by atomic mass is 35.5. The molecule has 3 rings (SSSR count). The number of halogens is 1. The van der Waals surface area contributed by atoms with E-state index < -0.39 is 17.1 Å². The minimum atomic E-state index is -0.425. The molecular formula is C22H19ClN2O5S. The van der Waals surface area contributed by atoms with E-state index in [9.17, 15) is 19.2 Å². The van der Waals surface area contributed by atoms with Crippen LogP contribution in [0, 0.1) is 0 Å². The van der Waals surface area contributed by atoms with Gasteiger partial charge in [-0.1, -0.05) is 29.8 Å². The molecule has 3 amide bonds. The van der Waals surface area contributed by atoms with Crippen LogP contribution in [0.5, 0.6) is 5.75 Å². The number of ether oxygens (including phenoxy) is 1. The van der Waals surface area contributed by atoms with Gasteiger partial charge in [0, 0.05) is 23.7 Å². The second-order valence-electron chi connectivity index (χ2n) is 6.57. The monoisotopic (exact) mass is 458 g/mol. The van der Waals surface area contributed by atoms with Crippen LogP contribution in [0.2, 0.25) is 5.02 Å². The van der Waals surface area contributed by atoms with E-state index in [1.165, 1.54) is 6.92 Å². The van der Waals surface area contributed by atoms with E-state index in [0.717, 1.165) is 16.7 Å². The van der Waals surface area contributed by atoms with Crippen molar-refractivity contribution in [1.29, 1.82) is 0 Å². The average molecular weight is 459 g/mol. The van der Waals surface area contributed by atoms with Gasteiger partial charge >= 0.3 is 0 Å². The van der Waals surface area contributed by atoms with Gasteiger partial charge in [-0.2, -0.15) is 0 Å². The zero-order valence-corrected chi connectivity index (χ0v) is 18.2. The van der Waals surface area contributed by atoms with E-state index in [1.807, 2.05) is 0 Å². The van der Waals surface area contributed by atoms with Crippen LogP contribution in [0.1, 0.15) is 22.8 Å². The van der Waals surface area contributed by atoms with Gasteiger partial charge in [-0.3, -0.25) is 24.1 Å². The molecule has 160 valence electrons. The fourth-order valence-corrected chi connectivity index (χ4v) is 3.77. The second-order valence-corrected chi connectivity index (χ2v) is 7.97. The first-order valence-corrected chi connectivity index (χ1v) is 10.5. The molecule has 1 heterocycles. The van der Waals surface area contributed by atoms with Crippen LogP contribution >= 0.6 is 23.4 Å². The number of thioether (sulfide) groups is 1. The standard InChI is InChI=1S/C22H19ClN2O5S/c1-14(26)15-6-8-17(9-7-15)30-13-20(27)24-10-11-25-21(28)19(31-22(25)29)12-16-4-2-3-5-18(16)23/h2-9,12H,10-11,13H2,1H3,(H,24,27)/b19-12-. The normalized spacial score (nSPS) is 14.8. The van der Waals surface area contributed by atoms with Crippen LogP contribution in [0.3, 0.4) is 0 Å². The highest BCUT2D eigenvalue weighted by Crippen LogP contribution is 2.33. The van der Waals surface area contributed by atoms with Crippen molar-refractivity contribution in [2.24, 2.45) is 0 Å². The first-order chi connectivity index (χ1) is 14.8. The largest absolute Gasteiger partial charge is 0.484 e. The molecule has 7 nitrogen and oxygen atoms in total. The Labute approximate surface area is 188 Å². The van der Waals surface area contributed by atoms with Gasteiger partial charge in [0.15, 0.2) is 12.4 Å². The number of hydrogen-bond acceptors (Lipinski definition) is 6. The number of nitrogens with zero attached hydrogens (tertiary/aromatic N) is 1. The molecule has 0 saturated carbocycles. The Morgan fingerprint density at radius 3 is 2.52 bits per heavy atom. The number of ketones is 1. The molecule has 0 aromatic heterocycles. The lowest BCUT2D eigenvalue weighted by Crippen LogP contribution is -2.38. The van der Waals surface area contributed by atoms with E-state index in [-0.39, 0.29) is 30.4 Å². The third kappa shape index (κ3) is 5.96. The molecule has 0 bridgehead atoms. The lowest BCUT2D eigenvalue weighted by molar-refractivity contribution is -0.125. The number of rotatable bonds is 8. The lowest BCUT2D eigenvalue weighted by Gasteiger charge is -2.13. The summed E-state index contributed by atoms with van der Waals surface area (Å²) in [4.78, 5) is 49.2. The number of amides is 3. The Morgan fingerprint density at radius 1 is 1.13 bits per heavy atom. The highest BCUT2D eigenvalue weighted by molar-refractivity contribution is 8.18. The van der Waals surface area contributed by atoms with E-state index >= 15 is 0 Å².